The van der Waals surface area contributed by atoms with Gasteiger partial charge in [0.25, 0.3) is 0 Å². The Balaban J connectivity index is 1.88. The molecule has 17 heavy (non-hydrogen) atoms. The molecule has 2 heterocycles. The van der Waals surface area contributed by atoms with E-state index in [1.54, 1.807) is 0 Å². The molecular formula is C14H28N2O. The smallest absolute Gasteiger partial charge is 0.0641 e. The van der Waals surface area contributed by atoms with Crippen LogP contribution in [0.3, 0.4) is 0 Å². The van der Waals surface area contributed by atoms with Crippen LogP contribution in [0.25, 0.3) is 0 Å². The second-order valence-electron chi connectivity index (χ2n) is 6.60. The van der Waals surface area contributed by atoms with Crippen LogP contribution < -0.4 is 5.32 Å². The Labute approximate surface area is 106 Å². The SMILES string of the molecule is CNC1(C)CCN(C2CCOC(C)(C)C2)CC1. The molecule has 2 saturated heterocycles. The summed E-state index contributed by atoms with van der Waals surface area (Å²) in [6, 6.07) is 0.736. The molecule has 100 valence electrons. The van der Waals surface area contributed by atoms with Crippen molar-refractivity contribution in [3.8, 4) is 0 Å². The van der Waals surface area contributed by atoms with Crippen LogP contribution in [0.2, 0.25) is 0 Å². The van der Waals surface area contributed by atoms with Gasteiger partial charge in [0.2, 0.25) is 0 Å². The molecule has 2 aliphatic rings. The van der Waals surface area contributed by atoms with Crippen molar-refractivity contribution in [2.75, 3.05) is 26.7 Å². The van der Waals surface area contributed by atoms with Crippen LogP contribution in [-0.2, 0) is 4.74 Å². The molecule has 0 aromatic rings. The lowest BCUT2D eigenvalue weighted by atomic mass is 9.86. The van der Waals surface area contributed by atoms with E-state index in [9.17, 15) is 0 Å². The normalized spacial score (nSPS) is 33.5. The molecular weight excluding hydrogens is 212 g/mol. The maximum Gasteiger partial charge on any atom is 0.0641 e. The van der Waals surface area contributed by atoms with Crippen LogP contribution in [0.4, 0.5) is 0 Å². The zero-order chi connectivity index (χ0) is 12.5. The molecule has 2 rings (SSSR count). The summed E-state index contributed by atoms with van der Waals surface area (Å²) in [6.45, 7) is 10.2. The van der Waals surface area contributed by atoms with Gasteiger partial charge in [-0.05, 0) is 53.5 Å². The van der Waals surface area contributed by atoms with Gasteiger partial charge in [0.05, 0.1) is 5.60 Å². The van der Waals surface area contributed by atoms with Gasteiger partial charge in [-0.1, -0.05) is 0 Å². The highest BCUT2D eigenvalue weighted by Gasteiger charge is 2.36. The van der Waals surface area contributed by atoms with E-state index in [1.165, 1.54) is 38.8 Å². The molecule has 2 aliphatic heterocycles. The monoisotopic (exact) mass is 240 g/mol. The largest absolute Gasteiger partial charge is 0.375 e. The summed E-state index contributed by atoms with van der Waals surface area (Å²) in [7, 11) is 2.09. The number of rotatable bonds is 2. The highest BCUT2D eigenvalue weighted by molar-refractivity contribution is 4.92. The fourth-order valence-corrected chi connectivity index (χ4v) is 3.14. The quantitative estimate of drug-likeness (QED) is 0.799. The van der Waals surface area contributed by atoms with E-state index in [2.05, 4.69) is 38.0 Å². The van der Waals surface area contributed by atoms with Crippen LogP contribution in [0.1, 0.15) is 46.5 Å². The molecule has 1 unspecified atom stereocenters. The van der Waals surface area contributed by atoms with Gasteiger partial charge < -0.3 is 15.0 Å². The summed E-state index contributed by atoms with van der Waals surface area (Å²) in [6.07, 6.45) is 4.92. The lowest BCUT2D eigenvalue weighted by molar-refractivity contribution is -0.0876. The van der Waals surface area contributed by atoms with Gasteiger partial charge >= 0.3 is 0 Å². The minimum Gasteiger partial charge on any atom is -0.375 e. The lowest BCUT2D eigenvalue weighted by Gasteiger charge is -2.46. The number of hydrogen-bond acceptors (Lipinski definition) is 3. The van der Waals surface area contributed by atoms with E-state index < -0.39 is 0 Å². The summed E-state index contributed by atoms with van der Waals surface area (Å²) in [5.74, 6) is 0. The Hall–Kier alpha value is -0.120. The number of piperidine rings is 1. The number of ether oxygens (including phenoxy) is 1. The molecule has 3 nitrogen and oxygen atoms in total. The highest BCUT2D eigenvalue weighted by atomic mass is 16.5. The Morgan fingerprint density at radius 1 is 1.18 bits per heavy atom. The van der Waals surface area contributed by atoms with Gasteiger partial charge in [-0.25, -0.2) is 0 Å². The molecule has 0 radical (unpaired) electrons. The molecule has 0 bridgehead atoms. The predicted octanol–water partition coefficient (Wildman–Crippen LogP) is 2.02. The number of hydrogen-bond donors (Lipinski definition) is 1. The highest BCUT2D eigenvalue weighted by Crippen LogP contribution is 2.30. The molecule has 0 saturated carbocycles. The third kappa shape index (κ3) is 3.21. The first kappa shape index (κ1) is 13.3. The third-order valence-electron chi connectivity index (χ3n) is 4.69. The molecule has 2 fully saturated rings. The van der Waals surface area contributed by atoms with Crippen molar-refractivity contribution in [1.29, 1.82) is 0 Å². The first-order valence-electron chi connectivity index (χ1n) is 7.01. The molecule has 0 amide bonds. The second-order valence-corrected chi connectivity index (χ2v) is 6.60. The summed E-state index contributed by atoms with van der Waals surface area (Å²) in [5.41, 5.74) is 0.434. The van der Waals surface area contributed by atoms with Crippen LogP contribution in [0, 0.1) is 0 Å². The van der Waals surface area contributed by atoms with Crippen molar-refractivity contribution in [3.63, 3.8) is 0 Å². The van der Waals surface area contributed by atoms with E-state index in [0.29, 0.717) is 5.54 Å². The maximum absolute atomic E-state index is 5.81. The molecule has 0 aromatic heterocycles. The van der Waals surface area contributed by atoms with Crippen molar-refractivity contribution in [2.45, 2.75) is 63.6 Å². The second kappa shape index (κ2) is 4.87. The maximum atomic E-state index is 5.81. The third-order valence-corrected chi connectivity index (χ3v) is 4.69. The van der Waals surface area contributed by atoms with Gasteiger partial charge in [0, 0.05) is 31.3 Å². The minimum absolute atomic E-state index is 0.0761. The molecule has 1 N–H and O–H groups in total. The summed E-state index contributed by atoms with van der Waals surface area (Å²) in [4.78, 5) is 2.68. The van der Waals surface area contributed by atoms with Crippen LogP contribution in [-0.4, -0.2) is 48.8 Å². The van der Waals surface area contributed by atoms with Crippen LogP contribution >= 0.6 is 0 Å². The van der Waals surface area contributed by atoms with Gasteiger partial charge in [0.1, 0.15) is 0 Å². The van der Waals surface area contributed by atoms with Crippen molar-refractivity contribution < 1.29 is 4.74 Å². The number of likely N-dealkylation sites (tertiary alicyclic amines) is 1. The van der Waals surface area contributed by atoms with E-state index >= 15 is 0 Å². The van der Waals surface area contributed by atoms with Crippen molar-refractivity contribution in [1.82, 2.24) is 10.2 Å². The average Bonchev–Trinajstić information content (AvgIpc) is 2.29. The minimum atomic E-state index is 0.0761. The van der Waals surface area contributed by atoms with E-state index in [-0.39, 0.29) is 5.60 Å². The summed E-state index contributed by atoms with van der Waals surface area (Å²) >= 11 is 0. The van der Waals surface area contributed by atoms with Gasteiger partial charge in [-0.2, -0.15) is 0 Å². The molecule has 0 spiro atoms. The van der Waals surface area contributed by atoms with Crippen molar-refractivity contribution >= 4 is 0 Å². The average molecular weight is 240 g/mol. The standard InChI is InChI=1S/C14H28N2O/c1-13(2)11-12(5-10-17-13)16-8-6-14(3,15-4)7-9-16/h12,15H,5-11H2,1-4H3. The molecule has 0 aliphatic carbocycles. The van der Waals surface area contributed by atoms with Crippen LogP contribution in [0.15, 0.2) is 0 Å². The molecule has 0 aromatic carbocycles. The van der Waals surface area contributed by atoms with E-state index in [4.69, 9.17) is 4.74 Å². The van der Waals surface area contributed by atoms with Crippen molar-refractivity contribution in [3.05, 3.63) is 0 Å². The Morgan fingerprint density at radius 2 is 1.82 bits per heavy atom. The van der Waals surface area contributed by atoms with Gasteiger partial charge in [-0.3, -0.25) is 0 Å². The molecule has 3 heteroatoms. The first-order chi connectivity index (χ1) is 7.94. The van der Waals surface area contributed by atoms with Gasteiger partial charge in [0.15, 0.2) is 0 Å². The predicted molar refractivity (Wildman–Crippen MR) is 71.3 cm³/mol. The number of nitrogens with one attached hydrogen (secondary N) is 1. The van der Waals surface area contributed by atoms with Gasteiger partial charge in [-0.15, -0.1) is 0 Å². The van der Waals surface area contributed by atoms with Crippen molar-refractivity contribution in [2.24, 2.45) is 0 Å². The Kier molecular flexibility index (Phi) is 3.81. The summed E-state index contributed by atoms with van der Waals surface area (Å²) in [5, 5.41) is 3.47. The Bertz CT molecular complexity index is 257. The Morgan fingerprint density at radius 3 is 2.35 bits per heavy atom. The van der Waals surface area contributed by atoms with E-state index in [1.807, 2.05) is 0 Å². The van der Waals surface area contributed by atoms with Crippen LogP contribution in [0.5, 0.6) is 0 Å². The molecule has 1 atom stereocenters. The number of nitrogens with zero attached hydrogens (tertiary/aromatic N) is 1. The summed E-state index contributed by atoms with van der Waals surface area (Å²) < 4.78 is 5.81. The topological polar surface area (TPSA) is 24.5 Å². The first-order valence-corrected chi connectivity index (χ1v) is 7.01. The fraction of sp³-hybridized carbons (Fsp3) is 1.00. The lowest BCUT2D eigenvalue weighted by Crippen LogP contribution is -2.54. The zero-order valence-corrected chi connectivity index (χ0v) is 11.9. The zero-order valence-electron chi connectivity index (χ0n) is 11.9. The fourth-order valence-electron chi connectivity index (χ4n) is 3.14. The van der Waals surface area contributed by atoms with E-state index in [0.717, 1.165) is 12.6 Å².